The lowest BCUT2D eigenvalue weighted by atomic mass is 9.93. The van der Waals surface area contributed by atoms with E-state index < -0.39 is 0 Å². The Morgan fingerprint density at radius 1 is 1.33 bits per heavy atom. The lowest BCUT2D eigenvalue weighted by Gasteiger charge is -2.23. The van der Waals surface area contributed by atoms with E-state index in [0.717, 1.165) is 23.0 Å². The molecule has 1 N–H and O–H groups in total. The highest BCUT2D eigenvalue weighted by Crippen LogP contribution is 2.29. The normalized spacial score (nSPS) is 14.5. The minimum Gasteiger partial charge on any atom is -0.310 e. The Morgan fingerprint density at radius 3 is 2.61 bits per heavy atom. The quantitative estimate of drug-likeness (QED) is 0.741. The second-order valence-electron chi connectivity index (χ2n) is 4.91. The van der Waals surface area contributed by atoms with Crippen LogP contribution in [0.25, 0.3) is 0 Å². The second kappa shape index (κ2) is 7.90. The van der Waals surface area contributed by atoms with E-state index in [2.05, 4.69) is 42.0 Å². The Labute approximate surface area is 118 Å². The third-order valence-electron chi connectivity index (χ3n) is 3.21. The number of hydrogen-bond acceptors (Lipinski definition) is 1. The molecule has 0 saturated heterocycles. The first-order valence-corrected chi connectivity index (χ1v) is 7.56. The Bertz CT molecular complexity index is 368. The number of benzene rings is 1. The van der Waals surface area contributed by atoms with Crippen molar-refractivity contribution >= 4 is 15.9 Å². The molecule has 1 aromatic carbocycles. The Kier molecular flexibility index (Phi) is 6.87. The van der Waals surface area contributed by atoms with Gasteiger partial charge in [0.15, 0.2) is 0 Å². The zero-order valence-corrected chi connectivity index (χ0v) is 13.1. The van der Waals surface area contributed by atoms with Crippen LogP contribution in [0.1, 0.15) is 51.6 Å². The van der Waals surface area contributed by atoms with Crippen LogP contribution in [0, 0.1) is 11.7 Å². The minimum absolute atomic E-state index is 0.192. The molecule has 0 aliphatic heterocycles. The largest absolute Gasteiger partial charge is 0.310 e. The highest BCUT2D eigenvalue weighted by Gasteiger charge is 2.16. The summed E-state index contributed by atoms with van der Waals surface area (Å²) in [6, 6.07) is 5.26. The zero-order valence-electron chi connectivity index (χ0n) is 11.5. The van der Waals surface area contributed by atoms with E-state index in [1.807, 2.05) is 6.07 Å². The first-order chi connectivity index (χ1) is 8.58. The predicted molar refractivity (Wildman–Crippen MR) is 79.2 cm³/mol. The van der Waals surface area contributed by atoms with Gasteiger partial charge in [-0.1, -0.05) is 55.6 Å². The molecule has 0 aliphatic carbocycles. The van der Waals surface area contributed by atoms with Crippen molar-refractivity contribution in [2.45, 2.75) is 46.1 Å². The van der Waals surface area contributed by atoms with Gasteiger partial charge in [-0.2, -0.15) is 0 Å². The molecule has 18 heavy (non-hydrogen) atoms. The van der Waals surface area contributed by atoms with Gasteiger partial charge in [0.05, 0.1) is 0 Å². The predicted octanol–water partition coefficient (Wildman–Crippen LogP) is 5.07. The van der Waals surface area contributed by atoms with Gasteiger partial charge in [0, 0.05) is 10.5 Å². The number of halogens is 2. The van der Waals surface area contributed by atoms with E-state index in [1.54, 1.807) is 6.07 Å². The van der Waals surface area contributed by atoms with Gasteiger partial charge in [-0.3, -0.25) is 0 Å². The van der Waals surface area contributed by atoms with Crippen LogP contribution in [0.3, 0.4) is 0 Å². The molecule has 2 atom stereocenters. The van der Waals surface area contributed by atoms with Crippen molar-refractivity contribution in [3.05, 3.63) is 34.1 Å². The molecule has 1 nitrogen and oxygen atoms in total. The van der Waals surface area contributed by atoms with E-state index in [4.69, 9.17) is 0 Å². The Hall–Kier alpha value is -0.410. The van der Waals surface area contributed by atoms with Crippen molar-refractivity contribution in [2.24, 2.45) is 5.92 Å². The van der Waals surface area contributed by atoms with Gasteiger partial charge >= 0.3 is 0 Å². The third kappa shape index (κ3) is 4.69. The standard InChI is InChI=1S/C15H23BrFN/c1-4-6-11(3)9-15(18-5-2)13-8-7-12(17)10-14(13)16/h7-8,10-11,15,18H,4-6,9H2,1-3H3. The van der Waals surface area contributed by atoms with E-state index in [0.29, 0.717) is 12.0 Å². The average Bonchev–Trinajstić information content (AvgIpc) is 2.29. The van der Waals surface area contributed by atoms with E-state index in [1.165, 1.54) is 18.9 Å². The molecule has 0 aliphatic rings. The van der Waals surface area contributed by atoms with Gasteiger partial charge in [-0.25, -0.2) is 4.39 Å². The molecule has 0 saturated carbocycles. The van der Waals surface area contributed by atoms with E-state index >= 15 is 0 Å². The van der Waals surface area contributed by atoms with Gasteiger partial charge in [0.2, 0.25) is 0 Å². The van der Waals surface area contributed by atoms with Crippen LogP contribution in [0.2, 0.25) is 0 Å². The first kappa shape index (κ1) is 15.6. The Morgan fingerprint density at radius 2 is 2.06 bits per heavy atom. The SMILES string of the molecule is CCCC(C)CC(NCC)c1ccc(F)cc1Br. The maximum absolute atomic E-state index is 13.1. The highest BCUT2D eigenvalue weighted by molar-refractivity contribution is 9.10. The molecule has 0 heterocycles. The van der Waals surface area contributed by atoms with E-state index in [9.17, 15) is 4.39 Å². The van der Waals surface area contributed by atoms with Gasteiger partial charge in [0.1, 0.15) is 5.82 Å². The van der Waals surface area contributed by atoms with Crippen molar-refractivity contribution in [2.75, 3.05) is 6.54 Å². The first-order valence-electron chi connectivity index (χ1n) is 6.76. The fourth-order valence-corrected chi connectivity index (χ4v) is 2.99. The molecular weight excluding hydrogens is 293 g/mol. The smallest absolute Gasteiger partial charge is 0.124 e. The summed E-state index contributed by atoms with van der Waals surface area (Å²) in [6.45, 7) is 7.53. The van der Waals surface area contributed by atoms with Gasteiger partial charge in [-0.05, 0) is 36.6 Å². The van der Waals surface area contributed by atoms with Gasteiger partial charge in [0.25, 0.3) is 0 Å². The summed E-state index contributed by atoms with van der Waals surface area (Å²) < 4.78 is 14.0. The molecular formula is C15H23BrFN. The van der Waals surface area contributed by atoms with E-state index in [-0.39, 0.29) is 5.82 Å². The summed E-state index contributed by atoms with van der Waals surface area (Å²) >= 11 is 3.47. The molecule has 3 heteroatoms. The van der Waals surface area contributed by atoms with Crippen LogP contribution in [-0.2, 0) is 0 Å². The summed E-state index contributed by atoms with van der Waals surface area (Å²) in [7, 11) is 0. The molecule has 0 aromatic heterocycles. The zero-order chi connectivity index (χ0) is 13.5. The Balaban J connectivity index is 2.82. The maximum atomic E-state index is 13.1. The molecule has 0 fully saturated rings. The number of rotatable bonds is 7. The molecule has 0 amide bonds. The van der Waals surface area contributed by atoms with Crippen LogP contribution in [0.15, 0.2) is 22.7 Å². The van der Waals surface area contributed by atoms with Crippen molar-refractivity contribution in [1.29, 1.82) is 0 Å². The lowest BCUT2D eigenvalue weighted by molar-refractivity contribution is 0.394. The van der Waals surface area contributed by atoms with Crippen LogP contribution in [-0.4, -0.2) is 6.54 Å². The lowest BCUT2D eigenvalue weighted by Crippen LogP contribution is -2.23. The topological polar surface area (TPSA) is 12.0 Å². The molecule has 1 rings (SSSR count). The fourth-order valence-electron chi connectivity index (χ4n) is 2.36. The van der Waals surface area contributed by atoms with Gasteiger partial charge < -0.3 is 5.32 Å². The molecule has 0 bridgehead atoms. The average molecular weight is 316 g/mol. The molecule has 102 valence electrons. The number of nitrogens with one attached hydrogen (secondary N) is 1. The summed E-state index contributed by atoms with van der Waals surface area (Å²) in [4.78, 5) is 0. The third-order valence-corrected chi connectivity index (χ3v) is 3.89. The monoisotopic (exact) mass is 315 g/mol. The number of hydrogen-bond donors (Lipinski definition) is 1. The summed E-state index contributed by atoms with van der Waals surface area (Å²) in [5.74, 6) is 0.485. The highest BCUT2D eigenvalue weighted by atomic mass is 79.9. The van der Waals surface area contributed by atoms with Crippen LogP contribution in [0.4, 0.5) is 4.39 Å². The van der Waals surface area contributed by atoms with Crippen LogP contribution >= 0.6 is 15.9 Å². The molecule has 2 unspecified atom stereocenters. The molecule has 1 aromatic rings. The summed E-state index contributed by atoms with van der Waals surface area (Å²) in [5, 5.41) is 3.50. The second-order valence-corrected chi connectivity index (χ2v) is 5.76. The van der Waals surface area contributed by atoms with Crippen molar-refractivity contribution in [1.82, 2.24) is 5.32 Å². The fraction of sp³-hybridized carbons (Fsp3) is 0.600. The van der Waals surface area contributed by atoms with Crippen LogP contribution < -0.4 is 5.32 Å². The van der Waals surface area contributed by atoms with Crippen molar-refractivity contribution in [3.8, 4) is 0 Å². The molecule has 0 spiro atoms. The minimum atomic E-state index is -0.192. The van der Waals surface area contributed by atoms with Crippen molar-refractivity contribution < 1.29 is 4.39 Å². The van der Waals surface area contributed by atoms with Crippen molar-refractivity contribution in [3.63, 3.8) is 0 Å². The summed E-state index contributed by atoms with van der Waals surface area (Å²) in [5.41, 5.74) is 1.15. The van der Waals surface area contributed by atoms with Gasteiger partial charge in [-0.15, -0.1) is 0 Å². The molecule has 0 radical (unpaired) electrons. The summed E-state index contributed by atoms with van der Waals surface area (Å²) in [6.07, 6.45) is 3.54. The maximum Gasteiger partial charge on any atom is 0.124 e. The van der Waals surface area contributed by atoms with Crippen LogP contribution in [0.5, 0.6) is 0 Å².